The van der Waals surface area contributed by atoms with E-state index in [2.05, 4.69) is 22.4 Å². The number of carbonyl (C=O) groups is 1. The van der Waals surface area contributed by atoms with Crippen molar-refractivity contribution in [1.29, 1.82) is 0 Å². The van der Waals surface area contributed by atoms with E-state index in [4.69, 9.17) is 0 Å². The SMILES string of the molecule is Cc1nc(CC(=O)NN2CCN(C)CC2)cs1. The van der Waals surface area contributed by atoms with E-state index in [-0.39, 0.29) is 5.91 Å². The lowest BCUT2D eigenvalue weighted by atomic mass is 10.3. The molecule has 0 aromatic carbocycles. The second-order valence-electron chi connectivity index (χ2n) is 4.36. The molecule has 1 aliphatic heterocycles. The van der Waals surface area contributed by atoms with Gasteiger partial charge < -0.3 is 4.90 Å². The largest absolute Gasteiger partial charge is 0.304 e. The molecular weight excluding hydrogens is 236 g/mol. The van der Waals surface area contributed by atoms with Crippen LogP contribution >= 0.6 is 11.3 Å². The van der Waals surface area contributed by atoms with Crippen molar-refractivity contribution in [3.8, 4) is 0 Å². The molecule has 6 heteroatoms. The van der Waals surface area contributed by atoms with E-state index in [0.717, 1.165) is 36.9 Å². The third kappa shape index (κ3) is 3.76. The van der Waals surface area contributed by atoms with Crippen LogP contribution < -0.4 is 5.43 Å². The first-order valence-electron chi connectivity index (χ1n) is 5.77. The summed E-state index contributed by atoms with van der Waals surface area (Å²) < 4.78 is 0. The molecule has 0 atom stereocenters. The highest BCUT2D eigenvalue weighted by Gasteiger charge is 2.16. The first-order valence-corrected chi connectivity index (χ1v) is 6.65. The van der Waals surface area contributed by atoms with E-state index in [1.165, 1.54) is 0 Å². The minimum Gasteiger partial charge on any atom is -0.304 e. The number of rotatable bonds is 3. The number of nitrogens with zero attached hydrogens (tertiary/aromatic N) is 3. The van der Waals surface area contributed by atoms with Crippen molar-refractivity contribution in [3.63, 3.8) is 0 Å². The van der Waals surface area contributed by atoms with Crippen LogP contribution in [-0.2, 0) is 11.2 Å². The Labute approximate surface area is 105 Å². The predicted octanol–water partition coefficient (Wildman–Crippen LogP) is 0.273. The molecule has 17 heavy (non-hydrogen) atoms. The number of nitrogens with one attached hydrogen (secondary N) is 1. The highest BCUT2D eigenvalue weighted by molar-refractivity contribution is 7.09. The highest BCUT2D eigenvalue weighted by atomic mass is 32.1. The first kappa shape index (κ1) is 12.5. The average Bonchev–Trinajstić information content (AvgIpc) is 2.67. The summed E-state index contributed by atoms with van der Waals surface area (Å²) in [7, 11) is 2.09. The number of likely N-dealkylation sites (N-methyl/N-ethyl adjacent to an activating group) is 1. The van der Waals surface area contributed by atoms with Crippen molar-refractivity contribution in [2.45, 2.75) is 13.3 Å². The summed E-state index contributed by atoms with van der Waals surface area (Å²) in [5, 5.41) is 4.94. The maximum Gasteiger partial charge on any atom is 0.240 e. The molecule has 0 saturated carbocycles. The van der Waals surface area contributed by atoms with Crippen LogP contribution in [0, 0.1) is 6.92 Å². The Hall–Kier alpha value is -0.980. The number of hydrogen-bond acceptors (Lipinski definition) is 5. The summed E-state index contributed by atoms with van der Waals surface area (Å²) in [4.78, 5) is 18.3. The lowest BCUT2D eigenvalue weighted by molar-refractivity contribution is -0.126. The summed E-state index contributed by atoms with van der Waals surface area (Å²) in [5.74, 6) is 0.0276. The number of carbonyl (C=O) groups excluding carboxylic acids is 1. The van der Waals surface area contributed by atoms with Crippen molar-refractivity contribution in [2.75, 3.05) is 33.2 Å². The lowest BCUT2D eigenvalue weighted by Crippen LogP contribution is -2.52. The van der Waals surface area contributed by atoms with Gasteiger partial charge in [0.15, 0.2) is 0 Å². The molecule has 5 nitrogen and oxygen atoms in total. The van der Waals surface area contributed by atoms with Gasteiger partial charge in [0, 0.05) is 31.6 Å². The number of piperazine rings is 1. The van der Waals surface area contributed by atoms with Crippen molar-refractivity contribution in [1.82, 2.24) is 20.3 Å². The molecular formula is C11H18N4OS. The van der Waals surface area contributed by atoms with Crippen LogP contribution in [0.5, 0.6) is 0 Å². The van der Waals surface area contributed by atoms with Gasteiger partial charge in [-0.05, 0) is 14.0 Å². The maximum atomic E-state index is 11.8. The minimum absolute atomic E-state index is 0.0276. The van der Waals surface area contributed by atoms with Crippen LogP contribution in [0.1, 0.15) is 10.7 Å². The van der Waals surface area contributed by atoms with E-state index >= 15 is 0 Å². The van der Waals surface area contributed by atoms with E-state index < -0.39 is 0 Å². The predicted molar refractivity (Wildman–Crippen MR) is 67.8 cm³/mol. The molecule has 0 aliphatic carbocycles. The molecule has 1 aromatic rings. The van der Waals surface area contributed by atoms with Gasteiger partial charge in [-0.3, -0.25) is 10.2 Å². The van der Waals surface area contributed by atoms with Gasteiger partial charge in [-0.15, -0.1) is 11.3 Å². The second-order valence-corrected chi connectivity index (χ2v) is 5.42. The van der Waals surface area contributed by atoms with E-state index in [1.807, 2.05) is 17.3 Å². The number of aromatic nitrogens is 1. The molecule has 1 saturated heterocycles. The molecule has 1 aromatic heterocycles. The van der Waals surface area contributed by atoms with E-state index in [9.17, 15) is 4.79 Å². The normalized spacial score (nSPS) is 18.2. The van der Waals surface area contributed by atoms with Gasteiger partial charge >= 0.3 is 0 Å². The Bertz CT molecular complexity index is 385. The van der Waals surface area contributed by atoms with E-state index in [0.29, 0.717) is 6.42 Å². The van der Waals surface area contributed by atoms with Gasteiger partial charge in [-0.25, -0.2) is 9.99 Å². The van der Waals surface area contributed by atoms with Gasteiger partial charge in [0.25, 0.3) is 0 Å². The average molecular weight is 254 g/mol. The van der Waals surface area contributed by atoms with Crippen molar-refractivity contribution < 1.29 is 4.79 Å². The molecule has 0 unspecified atom stereocenters. The van der Waals surface area contributed by atoms with Gasteiger partial charge in [0.1, 0.15) is 0 Å². The Morgan fingerprint density at radius 3 is 2.76 bits per heavy atom. The maximum absolute atomic E-state index is 11.8. The van der Waals surface area contributed by atoms with Gasteiger partial charge in [0.2, 0.25) is 5.91 Å². The third-order valence-corrected chi connectivity index (χ3v) is 3.62. The molecule has 1 fully saturated rings. The first-order chi connectivity index (χ1) is 8.13. The fourth-order valence-electron chi connectivity index (χ4n) is 1.79. The van der Waals surface area contributed by atoms with Crippen LogP contribution in [0.15, 0.2) is 5.38 Å². The third-order valence-electron chi connectivity index (χ3n) is 2.79. The zero-order valence-electron chi connectivity index (χ0n) is 10.3. The molecule has 1 amide bonds. The monoisotopic (exact) mass is 254 g/mol. The summed E-state index contributed by atoms with van der Waals surface area (Å²) in [5.41, 5.74) is 3.79. The molecule has 0 radical (unpaired) electrons. The smallest absolute Gasteiger partial charge is 0.240 e. The quantitative estimate of drug-likeness (QED) is 0.841. The number of amides is 1. The van der Waals surface area contributed by atoms with Crippen LogP contribution in [-0.4, -0.2) is 54.0 Å². The van der Waals surface area contributed by atoms with Crippen LogP contribution in [0.4, 0.5) is 0 Å². The Kier molecular flexibility index (Phi) is 4.09. The topological polar surface area (TPSA) is 48.5 Å². The minimum atomic E-state index is 0.0276. The van der Waals surface area contributed by atoms with Gasteiger partial charge in [0.05, 0.1) is 17.1 Å². The fraction of sp³-hybridized carbons (Fsp3) is 0.636. The lowest BCUT2D eigenvalue weighted by Gasteiger charge is -2.32. The molecule has 1 aliphatic rings. The molecule has 94 valence electrons. The van der Waals surface area contributed by atoms with Crippen molar-refractivity contribution in [3.05, 3.63) is 16.1 Å². The summed E-state index contributed by atoms with van der Waals surface area (Å²) >= 11 is 1.58. The van der Waals surface area contributed by atoms with Crippen molar-refractivity contribution >= 4 is 17.2 Å². The number of aryl methyl sites for hydroxylation is 1. The summed E-state index contributed by atoms with van der Waals surface area (Å²) in [6, 6.07) is 0. The fourth-order valence-corrected chi connectivity index (χ4v) is 2.40. The summed E-state index contributed by atoms with van der Waals surface area (Å²) in [6.45, 7) is 5.72. The molecule has 2 rings (SSSR count). The molecule has 1 N–H and O–H groups in total. The second kappa shape index (κ2) is 5.57. The van der Waals surface area contributed by atoms with Crippen LogP contribution in [0.25, 0.3) is 0 Å². The van der Waals surface area contributed by atoms with Crippen molar-refractivity contribution in [2.24, 2.45) is 0 Å². The van der Waals surface area contributed by atoms with Crippen LogP contribution in [0.2, 0.25) is 0 Å². The zero-order valence-corrected chi connectivity index (χ0v) is 11.1. The zero-order chi connectivity index (χ0) is 12.3. The summed E-state index contributed by atoms with van der Waals surface area (Å²) in [6.07, 6.45) is 0.372. The number of hydrogen-bond donors (Lipinski definition) is 1. The highest BCUT2D eigenvalue weighted by Crippen LogP contribution is 2.08. The van der Waals surface area contributed by atoms with E-state index in [1.54, 1.807) is 11.3 Å². The Morgan fingerprint density at radius 1 is 1.47 bits per heavy atom. The Morgan fingerprint density at radius 2 is 2.18 bits per heavy atom. The molecule has 0 bridgehead atoms. The Balaban J connectivity index is 1.77. The van der Waals surface area contributed by atoms with Gasteiger partial charge in [-0.1, -0.05) is 0 Å². The standard InChI is InChI=1S/C11H18N4OS/c1-9-12-10(8-17-9)7-11(16)13-15-5-3-14(2)4-6-15/h8H,3-7H2,1-2H3,(H,13,16). The number of hydrazine groups is 1. The van der Waals surface area contributed by atoms with Crippen LogP contribution in [0.3, 0.4) is 0 Å². The molecule has 0 spiro atoms. The number of thiazole rings is 1. The van der Waals surface area contributed by atoms with Gasteiger partial charge in [-0.2, -0.15) is 0 Å². The molecule has 2 heterocycles.